The Balaban J connectivity index is 2.18. The number of hydrogen-bond donors (Lipinski definition) is 1. The normalized spacial score (nSPS) is 24.9. The number of nitrogens with zero attached hydrogens (tertiary/aromatic N) is 1. The van der Waals surface area contributed by atoms with Crippen molar-refractivity contribution in [3.8, 4) is 0 Å². The molecule has 2 atom stereocenters. The molecule has 1 aromatic carbocycles. The van der Waals surface area contributed by atoms with Gasteiger partial charge < -0.3 is 5.32 Å². The summed E-state index contributed by atoms with van der Waals surface area (Å²) in [5, 5.41) is 3.57. The minimum Gasteiger partial charge on any atom is -0.314 e. The maximum absolute atomic E-state index is 13.2. The Kier molecular flexibility index (Phi) is 5.55. The number of benzene rings is 1. The van der Waals surface area contributed by atoms with Gasteiger partial charge in [0.2, 0.25) is 0 Å². The maximum atomic E-state index is 13.2. The number of nitrogens with one attached hydrogen (secondary N) is 1. The second-order valence-corrected chi connectivity index (χ2v) is 6.30. The standard InChI is InChI=1S/C17H27FN2/c1-13(2)19-12-15-6-4-5-11-20(3)17(15)14-7-9-16(18)10-8-14/h7-10,13,15,17,19H,4-6,11-12H2,1-3H3. The number of likely N-dealkylation sites (tertiary alicyclic amines) is 1. The molecule has 112 valence electrons. The Morgan fingerprint density at radius 2 is 1.95 bits per heavy atom. The maximum Gasteiger partial charge on any atom is 0.123 e. The van der Waals surface area contributed by atoms with Crippen LogP contribution < -0.4 is 5.32 Å². The van der Waals surface area contributed by atoms with Gasteiger partial charge in [0.1, 0.15) is 5.82 Å². The Hall–Kier alpha value is -0.930. The summed E-state index contributed by atoms with van der Waals surface area (Å²) in [6, 6.07) is 7.97. The monoisotopic (exact) mass is 278 g/mol. The van der Waals surface area contributed by atoms with Gasteiger partial charge in [0, 0.05) is 18.6 Å². The molecule has 3 heteroatoms. The molecule has 0 radical (unpaired) electrons. The van der Waals surface area contributed by atoms with E-state index in [1.165, 1.54) is 24.8 Å². The van der Waals surface area contributed by atoms with Crippen LogP contribution in [0.1, 0.15) is 44.7 Å². The first-order valence-electron chi connectivity index (χ1n) is 7.77. The number of hydrogen-bond acceptors (Lipinski definition) is 2. The molecule has 1 N–H and O–H groups in total. The van der Waals surface area contributed by atoms with Crippen molar-refractivity contribution in [1.82, 2.24) is 10.2 Å². The fourth-order valence-electron chi connectivity index (χ4n) is 3.21. The summed E-state index contributed by atoms with van der Waals surface area (Å²) in [7, 11) is 2.20. The highest BCUT2D eigenvalue weighted by Crippen LogP contribution is 2.34. The van der Waals surface area contributed by atoms with Crippen LogP contribution in [0.5, 0.6) is 0 Å². The summed E-state index contributed by atoms with van der Waals surface area (Å²) in [6.45, 7) is 6.53. The highest BCUT2D eigenvalue weighted by Gasteiger charge is 2.28. The van der Waals surface area contributed by atoms with E-state index in [0.29, 0.717) is 18.0 Å². The summed E-state index contributed by atoms with van der Waals surface area (Å²) < 4.78 is 13.2. The summed E-state index contributed by atoms with van der Waals surface area (Å²) in [6.07, 6.45) is 3.78. The van der Waals surface area contributed by atoms with Crippen molar-refractivity contribution in [2.75, 3.05) is 20.1 Å². The molecule has 0 aromatic heterocycles. The summed E-state index contributed by atoms with van der Waals surface area (Å²) >= 11 is 0. The topological polar surface area (TPSA) is 15.3 Å². The van der Waals surface area contributed by atoms with Crippen molar-refractivity contribution >= 4 is 0 Å². The van der Waals surface area contributed by atoms with Gasteiger partial charge in [-0.25, -0.2) is 4.39 Å². The fourth-order valence-corrected chi connectivity index (χ4v) is 3.21. The zero-order valence-corrected chi connectivity index (χ0v) is 12.9. The van der Waals surface area contributed by atoms with Gasteiger partial charge in [-0.05, 0) is 50.0 Å². The number of halogens is 1. The molecule has 0 saturated carbocycles. The first-order chi connectivity index (χ1) is 9.58. The van der Waals surface area contributed by atoms with Gasteiger partial charge >= 0.3 is 0 Å². The third-order valence-corrected chi connectivity index (χ3v) is 4.26. The van der Waals surface area contributed by atoms with Gasteiger partial charge in [-0.3, -0.25) is 4.90 Å². The third kappa shape index (κ3) is 4.03. The van der Waals surface area contributed by atoms with Gasteiger partial charge in [-0.2, -0.15) is 0 Å². The average molecular weight is 278 g/mol. The lowest BCUT2D eigenvalue weighted by atomic mass is 9.89. The third-order valence-electron chi connectivity index (χ3n) is 4.26. The van der Waals surface area contributed by atoms with E-state index in [4.69, 9.17) is 0 Å². The minimum absolute atomic E-state index is 0.151. The number of rotatable bonds is 4. The van der Waals surface area contributed by atoms with Crippen LogP contribution in [0.4, 0.5) is 4.39 Å². The van der Waals surface area contributed by atoms with Crippen LogP contribution in [0, 0.1) is 11.7 Å². The smallest absolute Gasteiger partial charge is 0.123 e. The molecular formula is C17H27FN2. The van der Waals surface area contributed by atoms with E-state index in [2.05, 4.69) is 31.1 Å². The molecular weight excluding hydrogens is 251 g/mol. The fraction of sp³-hybridized carbons (Fsp3) is 0.647. The second-order valence-electron chi connectivity index (χ2n) is 6.30. The molecule has 0 aliphatic carbocycles. The first kappa shape index (κ1) is 15.5. The van der Waals surface area contributed by atoms with E-state index < -0.39 is 0 Å². The summed E-state index contributed by atoms with van der Waals surface area (Å²) in [4.78, 5) is 2.44. The van der Waals surface area contributed by atoms with Crippen molar-refractivity contribution in [3.05, 3.63) is 35.6 Å². The Morgan fingerprint density at radius 3 is 2.60 bits per heavy atom. The second kappa shape index (κ2) is 7.19. The highest BCUT2D eigenvalue weighted by atomic mass is 19.1. The average Bonchev–Trinajstić information content (AvgIpc) is 2.59. The quantitative estimate of drug-likeness (QED) is 0.905. The van der Waals surface area contributed by atoms with Crippen molar-refractivity contribution in [2.24, 2.45) is 5.92 Å². The van der Waals surface area contributed by atoms with Crippen LogP contribution in [0.2, 0.25) is 0 Å². The first-order valence-corrected chi connectivity index (χ1v) is 7.77. The van der Waals surface area contributed by atoms with Crippen molar-refractivity contribution < 1.29 is 4.39 Å². The molecule has 1 aliphatic rings. The largest absolute Gasteiger partial charge is 0.314 e. The van der Waals surface area contributed by atoms with Crippen LogP contribution >= 0.6 is 0 Å². The van der Waals surface area contributed by atoms with Crippen LogP contribution in [0.3, 0.4) is 0 Å². The SMILES string of the molecule is CC(C)NCC1CCCCN(C)C1c1ccc(F)cc1. The van der Waals surface area contributed by atoms with E-state index >= 15 is 0 Å². The van der Waals surface area contributed by atoms with E-state index in [9.17, 15) is 4.39 Å². The molecule has 2 unspecified atom stereocenters. The lowest BCUT2D eigenvalue weighted by Gasteiger charge is -2.33. The molecule has 1 aliphatic heterocycles. The van der Waals surface area contributed by atoms with E-state index in [1.54, 1.807) is 12.1 Å². The van der Waals surface area contributed by atoms with Gasteiger partial charge in [0.05, 0.1) is 0 Å². The predicted molar refractivity (Wildman–Crippen MR) is 82.3 cm³/mol. The van der Waals surface area contributed by atoms with Gasteiger partial charge in [0.15, 0.2) is 0 Å². The van der Waals surface area contributed by atoms with Crippen LogP contribution in [-0.4, -0.2) is 31.1 Å². The molecule has 1 fully saturated rings. The molecule has 0 amide bonds. The molecule has 0 spiro atoms. The van der Waals surface area contributed by atoms with Crippen molar-refractivity contribution in [3.63, 3.8) is 0 Å². The highest BCUT2D eigenvalue weighted by molar-refractivity contribution is 5.21. The zero-order valence-electron chi connectivity index (χ0n) is 12.9. The molecule has 2 rings (SSSR count). The molecule has 2 nitrogen and oxygen atoms in total. The Labute approximate surface area is 122 Å². The minimum atomic E-state index is -0.151. The molecule has 1 heterocycles. The van der Waals surface area contributed by atoms with E-state index in [1.807, 2.05) is 12.1 Å². The van der Waals surface area contributed by atoms with Gasteiger partial charge in [0.25, 0.3) is 0 Å². The summed E-state index contributed by atoms with van der Waals surface area (Å²) in [5.74, 6) is 0.442. The van der Waals surface area contributed by atoms with Crippen LogP contribution in [0.15, 0.2) is 24.3 Å². The van der Waals surface area contributed by atoms with Gasteiger partial charge in [-0.1, -0.05) is 32.4 Å². The van der Waals surface area contributed by atoms with Crippen LogP contribution in [-0.2, 0) is 0 Å². The lowest BCUT2D eigenvalue weighted by Crippen LogP contribution is -2.37. The summed E-state index contributed by atoms with van der Waals surface area (Å²) in [5.41, 5.74) is 1.24. The zero-order chi connectivity index (χ0) is 14.5. The molecule has 20 heavy (non-hydrogen) atoms. The lowest BCUT2D eigenvalue weighted by molar-refractivity contribution is 0.187. The van der Waals surface area contributed by atoms with E-state index in [-0.39, 0.29) is 5.82 Å². The molecule has 1 saturated heterocycles. The van der Waals surface area contributed by atoms with Crippen molar-refractivity contribution in [2.45, 2.75) is 45.2 Å². The Bertz CT molecular complexity index is 402. The van der Waals surface area contributed by atoms with E-state index in [0.717, 1.165) is 13.1 Å². The van der Waals surface area contributed by atoms with Crippen molar-refractivity contribution in [1.29, 1.82) is 0 Å². The molecule has 1 aromatic rings. The Morgan fingerprint density at radius 1 is 1.25 bits per heavy atom. The van der Waals surface area contributed by atoms with Gasteiger partial charge in [-0.15, -0.1) is 0 Å². The molecule has 0 bridgehead atoms. The van der Waals surface area contributed by atoms with Crippen LogP contribution in [0.25, 0.3) is 0 Å². The predicted octanol–water partition coefficient (Wildman–Crippen LogP) is 3.60.